The monoisotopic (exact) mass is 288 g/mol. The van der Waals surface area contributed by atoms with Gasteiger partial charge in [-0.1, -0.05) is 12.1 Å². The Morgan fingerprint density at radius 1 is 1.43 bits per heavy atom. The molecule has 0 fully saturated rings. The number of imidazole rings is 1. The summed E-state index contributed by atoms with van der Waals surface area (Å²) >= 11 is 0. The van der Waals surface area contributed by atoms with E-state index in [0.717, 1.165) is 11.4 Å². The fourth-order valence-electron chi connectivity index (χ4n) is 2.10. The van der Waals surface area contributed by atoms with Crippen LogP contribution in [0.5, 0.6) is 5.75 Å². The van der Waals surface area contributed by atoms with Crippen molar-refractivity contribution >= 4 is 5.91 Å². The lowest BCUT2D eigenvalue weighted by atomic mass is 10.1. The maximum absolute atomic E-state index is 12.3. The lowest BCUT2D eigenvalue weighted by Gasteiger charge is -2.21. The van der Waals surface area contributed by atoms with Crippen molar-refractivity contribution in [2.45, 2.75) is 19.0 Å². The molecule has 0 radical (unpaired) electrons. The van der Waals surface area contributed by atoms with Crippen LogP contribution in [0.3, 0.4) is 0 Å². The van der Waals surface area contributed by atoms with Crippen molar-refractivity contribution in [2.75, 3.05) is 7.05 Å². The van der Waals surface area contributed by atoms with E-state index in [1.807, 2.05) is 17.8 Å². The summed E-state index contributed by atoms with van der Waals surface area (Å²) in [6.07, 6.45) is 3.97. The van der Waals surface area contributed by atoms with E-state index in [4.69, 9.17) is 5.73 Å². The summed E-state index contributed by atoms with van der Waals surface area (Å²) in [4.78, 5) is 18.0. The highest BCUT2D eigenvalue weighted by atomic mass is 16.3. The standard InChI is InChI=1S/C15H20N4O2/c1-18-8-7-17-14(18)10-19(2)15(21)13(16)9-11-3-5-12(20)6-4-11/h3-8,13,20H,9-10,16H2,1-2H3. The first-order valence-corrected chi connectivity index (χ1v) is 6.72. The molecule has 0 aliphatic rings. The van der Waals surface area contributed by atoms with Gasteiger partial charge in [0, 0.05) is 26.5 Å². The van der Waals surface area contributed by atoms with Gasteiger partial charge in [0.05, 0.1) is 12.6 Å². The molecule has 2 aromatic rings. The van der Waals surface area contributed by atoms with E-state index in [0.29, 0.717) is 13.0 Å². The van der Waals surface area contributed by atoms with Gasteiger partial charge >= 0.3 is 0 Å². The number of aromatic hydroxyl groups is 1. The lowest BCUT2D eigenvalue weighted by Crippen LogP contribution is -2.43. The molecular weight excluding hydrogens is 268 g/mol. The largest absolute Gasteiger partial charge is 0.508 e. The summed E-state index contributed by atoms with van der Waals surface area (Å²) in [6, 6.07) is 6.09. The van der Waals surface area contributed by atoms with Crippen molar-refractivity contribution < 1.29 is 9.90 Å². The number of rotatable bonds is 5. The molecule has 0 bridgehead atoms. The summed E-state index contributed by atoms with van der Waals surface area (Å²) in [5, 5.41) is 9.24. The maximum atomic E-state index is 12.3. The van der Waals surface area contributed by atoms with Gasteiger partial charge in [-0.3, -0.25) is 4.79 Å². The number of carbonyl (C=O) groups excluding carboxylic acids is 1. The number of aromatic nitrogens is 2. The zero-order chi connectivity index (χ0) is 15.4. The van der Waals surface area contributed by atoms with Gasteiger partial charge in [0.2, 0.25) is 5.91 Å². The van der Waals surface area contributed by atoms with E-state index in [1.165, 1.54) is 0 Å². The predicted molar refractivity (Wildman–Crippen MR) is 79.5 cm³/mol. The average Bonchev–Trinajstić information content (AvgIpc) is 2.86. The fourth-order valence-corrected chi connectivity index (χ4v) is 2.10. The average molecular weight is 288 g/mol. The van der Waals surface area contributed by atoms with Crippen molar-refractivity contribution in [3.05, 3.63) is 48.0 Å². The molecule has 0 spiro atoms. The number of amides is 1. The first-order chi connectivity index (χ1) is 9.97. The molecule has 1 aromatic heterocycles. The Labute approximate surface area is 123 Å². The third kappa shape index (κ3) is 3.82. The van der Waals surface area contributed by atoms with Gasteiger partial charge in [-0.2, -0.15) is 0 Å². The smallest absolute Gasteiger partial charge is 0.239 e. The predicted octanol–water partition coefficient (Wildman–Crippen LogP) is 0.654. The van der Waals surface area contributed by atoms with Gasteiger partial charge in [0.25, 0.3) is 0 Å². The minimum absolute atomic E-state index is 0.133. The molecular formula is C15H20N4O2. The normalized spacial score (nSPS) is 12.1. The molecule has 1 atom stereocenters. The van der Waals surface area contributed by atoms with E-state index >= 15 is 0 Å². The van der Waals surface area contributed by atoms with Crippen molar-refractivity contribution in [2.24, 2.45) is 12.8 Å². The third-order valence-electron chi connectivity index (χ3n) is 3.38. The van der Waals surface area contributed by atoms with Gasteiger partial charge in [0.15, 0.2) is 0 Å². The van der Waals surface area contributed by atoms with Crippen LogP contribution in [-0.4, -0.2) is 38.6 Å². The van der Waals surface area contributed by atoms with Crippen LogP contribution < -0.4 is 5.73 Å². The Bertz CT molecular complexity index is 606. The van der Waals surface area contributed by atoms with Crippen LogP contribution in [0.1, 0.15) is 11.4 Å². The maximum Gasteiger partial charge on any atom is 0.239 e. The Hall–Kier alpha value is -2.34. The topological polar surface area (TPSA) is 84.4 Å². The van der Waals surface area contributed by atoms with E-state index in [2.05, 4.69) is 4.98 Å². The fraction of sp³-hybridized carbons (Fsp3) is 0.333. The number of phenolic OH excluding ortho intramolecular Hbond substituents is 1. The number of phenols is 1. The van der Waals surface area contributed by atoms with Crippen LogP contribution in [0.25, 0.3) is 0 Å². The van der Waals surface area contributed by atoms with E-state index in [1.54, 1.807) is 42.4 Å². The molecule has 1 unspecified atom stereocenters. The highest BCUT2D eigenvalue weighted by Crippen LogP contribution is 2.11. The molecule has 1 amide bonds. The van der Waals surface area contributed by atoms with E-state index in [9.17, 15) is 9.90 Å². The van der Waals surface area contributed by atoms with Crippen LogP contribution in [0, 0.1) is 0 Å². The quantitative estimate of drug-likeness (QED) is 0.846. The number of aryl methyl sites for hydroxylation is 1. The van der Waals surface area contributed by atoms with Gasteiger partial charge in [-0.05, 0) is 24.1 Å². The Morgan fingerprint density at radius 3 is 2.67 bits per heavy atom. The Kier molecular flexibility index (Phi) is 4.59. The highest BCUT2D eigenvalue weighted by molar-refractivity contribution is 5.81. The SMILES string of the molecule is CN(Cc1nccn1C)C(=O)C(N)Cc1ccc(O)cc1. The third-order valence-corrected chi connectivity index (χ3v) is 3.38. The van der Waals surface area contributed by atoms with Crippen LogP contribution in [0.15, 0.2) is 36.7 Å². The zero-order valence-corrected chi connectivity index (χ0v) is 12.2. The lowest BCUT2D eigenvalue weighted by molar-refractivity contribution is -0.131. The molecule has 6 nitrogen and oxygen atoms in total. The minimum Gasteiger partial charge on any atom is -0.508 e. The van der Waals surface area contributed by atoms with Gasteiger partial charge < -0.3 is 20.3 Å². The van der Waals surface area contributed by atoms with Crippen molar-refractivity contribution in [1.82, 2.24) is 14.5 Å². The van der Waals surface area contributed by atoms with Crippen LogP contribution in [0.2, 0.25) is 0 Å². The van der Waals surface area contributed by atoms with Crippen LogP contribution in [0.4, 0.5) is 0 Å². The summed E-state index contributed by atoms with van der Waals surface area (Å²) in [5.74, 6) is 0.874. The second-order valence-electron chi connectivity index (χ2n) is 5.13. The molecule has 0 saturated carbocycles. The molecule has 0 aliphatic heterocycles. The minimum atomic E-state index is -0.611. The van der Waals surface area contributed by atoms with Gasteiger partial charge in [-0.25, -0.2) is 4.98 Å². The van der Waals surface area contributed by atoms with Crippen LogP contribution in [-0.2, 0) is 24.8 Å². The molecule has 1 heterocycles. The summed E-state index contributed by atoms with van der Waals surface area (Å²) in [5.41, 5.74) is 6.89. The van der Waals surface area contributed by atoms with Crippen molar-refractivity contribution in [1.29, 1.82) is 0 Å². The number of likely N-dealkylation sites (N-methyl/N-ethyl adjacent to an activating group) is 1. The first kappa shape index (κ1) is 15.1. The molecule has 0 aliphatic carbocycles. The zero-order valence-electron chi connectivity index (χ0n) is 12.2. The second-order valence-corrected chi connectivity index (χ2v) is 5.13. The number of carbonyl (C=O) groups is 1. The number of hydrogen-bond donors (Lipinski definition) is 2. The van der Waals surface area contributed by atoms with Crippen molar-refractivity contribution in [3.8, 4) is 5.75 Å². The number of nitrogens with zero attached hydrogens (tertiary/aromatic N) is 3. The van der Waals surface area contributed by atoms with Gasteiger partial charge in [-0.15, -0.1) is 0 Å². The Morgan fingerprint density at radius 2 is 2.10 bits per heavy atom. The first-order valence-electron chi connectivity index (χ1n) is 6.72. The molecule has 0 saturated heterocycles. The molecule has 21 heavy (non-hydrogen) atoms. The summed E-state index contributed by atoms with van der Waals surface area (Å²) in [7, 11) is 3.60. The summed E-state index contributed by atoms with van der Waals surface area (Å²) in [6.45, 7) is 0.422. The molecule has 112 valence electrons. The number of hydrogen-bond acceptors (Lipinski definition) is 4. The van der Waals surface area contributed by atoms with Gasteiger partial charge in [0.1, 0.15) is 11.6 Å². The number of benzene rings is 1. The molecule has 6 heteroatoms. The second kappa shape index (κ2) is 6.41. The van der Waals surface area contributed by atoms with Crippen LogP contribution >= 0.6 is 0 Å². The molecule has 1 aromatic carbocycles. The van der Waals surface area contributed by atoms with Crippen molar-refractivity contribution in [3.63, 3.8) is 0 Å². The molecule has 3 N–H and O–H groups in total. The number of nitrogens with two attached hydrogens (primary N) is 1. The summed E-state index contributed by atoms with van der Waals surface area (Å²) < 4.78 is 1.87. The van der Waals surface area contributed by atoms with E-state index in [-0.39, 0.29) is 11.7 Å². The Balaban J connectivity index is 1.95. The van der Waals surface area contributed by atoms with E-state index < -0.39 is 6.04 Å². The molecule has 2 rings (SSSR count). The highest BCUT2D eigenvalue weighted by Gasteiger charge is 2.19.